The number of ether oxygens (including phenoxy) is 2. The van der Waals surface area contributed by atoms with Crippen molar-refractivity contribution in [3.8, 4) is 0 Å². The van der Waals surface area contributed by atoms with Crippen molar-refractivity contribution < 1.29 is 14.6 Å². The Hall–Kier alpha value is -0.160. The maximum Gasteiger partial charge on any atom is 0.131 e. The Labute approximate surface area is 67.5 Å². The molecule has 0 saturated heterocycles. The summed E-state index contributed by atoms with van der Waals surface area (Å²) in [5.74, 6) is 0. The number of hydrogen-bond acceptors (Lipinski definition) is 4. The lowest BCUT2D eigenvalue weighted by molar-refractivity contribution is -0.0318. The first-order valence-corrected chi connectivity index (χ1v) is 3.82. The monoisotopic (exact) mass is 163 g/mol. The quantitative estimate of drug-likeness (QED) is 0.395. The zero-order valence-corrected chi connectivity index (χ0v) is 7.17. The van der Waals surface area contributed by atoms with Crippen LogP contribution in [0.5, 0.6) is 0 Å². The molecule has 1 unspecified atom stereocenters. The molecule has 0 aromatic heterocycles. The van der Waals surface area contributed by atoms with Crippen LogP contribution in [0.25, 0.3) is 0 Å². The minimum atomic E-state index is -0.0634. The molecule has 0 bridgehead atoms. The third-order valence-electron chi connectivity index (χ3n) is 1.19. The summed E-state index contributed by atoms with van der Waals surface area (Å²) >= 11 is 0. The molecule has 4 heteroatoms. The van der Waals surface area contributed by atoms with E-state index in [9.17, 15) is 0 Å². The highest BCUT2D eigenvalue weighted by Gasteiger charge is 2.03. The maximum absolute atomic E-state index is 8.40. The second-order valence-corrected chi connectivity index (χ2v) is 2.03. The predicted molar refractivity (Wildman–Crippen MR) is 42.4 cm³/mol. The lowest BCUT2D eigenvalue weighted by Crippen LogP contribution is -2.33. The van der Waals surface area contributed by atoms with Crippen LogP contribution in [0.15, 0.2) is 0 Å². The zero-order chi connectivity index (χ0) is 8.53. The van der Waals surface area contributed by atoms with E-state index in [2.05, 4.69) is 5.32 Å². The van der Waals surface area contributed by atoms with Gasteiger partial charge in [-0.2, -0.15) is 0 Å². The van der Waals surface area contributed by atoms with Gasteiger partial charge in [-0.15, -0.1) is 0 Å². The van der Waals surface area contributed by atoms with Gasteiger partial charge in [-0.05, 0) is 14.0 Å². The molecule has 0 amide bonds. The highest BCUT2D eigenvalue weighted by atomic mass is 16.5. The minimum absolute atomic E-state index is 0.0581. The lowest BCUT2D eigenvalue weighted by Gasteiger charge is -2.15. The first-order valence-electron chi connectivity index (χ1n) is 3.82. The van der Waals surface area contributed by atoms with E-state index in [4.69, 9.17) is 14.6 Å². The van der Waals surface area contributed by atoms with Crippen molar-refractivity contribution in [3.05, 3.63) is 0 Å². The molecule has 0 aromatic rings. The van der Waals surface area contributed by atoms with Gasteiger partial charge in [0.2, 0.25) is 0 Å². The second kappa shape index (κ2) is 7.94. The highest BCUT2D eigenvalue weighted by Crippen LogP contribution is 1.87. The van der Waals surface area contributed by atoms with Gasteiger partial charge in [-0.25, -0.2) is 0 Å². The van der Waals surface area contributed by atoms with Crippen LogP contribution in [-0.2, 0) is 9.47 Å². The van der Waals surface area contributed by atoms with Crippen LogP contribution in [0, 0.1) is 0 Å². The average molecular weight is 163 g/mol. The fourth-order valence-electron chi connectivity index (χ4n) is 0.671. The van der Waals surface area contributed by atoms with Gasteiger partial charge >= 0.3 is 0 Å². The Balaban J connectivity index is 3.20. The molecule has 11 heavy (non-hydrogen) atoms. The molecular weight excluding hydrogens is 146 g/mol. The van der Waals surface area contributed by atoms with Crippen molar-refractivity contribution in [1.29, 1.82) is 0 Å². The van der Waals surface area contributed by atoms with Crippen molar-refractivity contribution in [2.24, 2.45) is 0 Å². The van der Waals surface area contributed by atoms with Crippen molar-refractivity contribution in [2.75, 3.05) is 33.5 Å². The smallest absolute Gasteiger partial charge is 0.131 e. The summed E-state index contributed by atoms with van der Waals surface area (Å²) in [4.78, 5) is 0. The Bertz CT molecular complexity index is 80.1. The molecule has 0 heterocycles. The van der Waals surface area contributed by atoms with E-state index < -0.39 is 0 Å². The molecule has 4 nitrogen and oxygen atoms in total. The summed E-state index contributed by atoms with van der Waals surface area (Å²) in [6.07, 6.45) is -0.0634. The molecule has 0 saturated carbocycles. The molecule has 0 rings (SSSR count). The van der Waals surface area contributed by atoms with Gasteiger partial charge in [-0.1, -0.05) is 0 Å². The fourth-order valence-corrected chi connectivity index (χ4v) is 0.671. The third kappa shape index (κ3) is 6.25. The van der Waals surface area contributed by atoms with Crippen LogP contribution in [-0.4, -0.2) is 44.8 Å². The molecule has 0 spiro atoms. The molecule has 0 aliphatic rings. The Kier molecular flexibility index (Phi) is 7.83. The Morgan fingerprint density at radius 1 is 1.55 bits per heavy atom. The second-order valence-electron chi connectivity index (χ2n) is 2.03. The Morgan fingerprint density at radius 2 is 2.27 bits per heavy atom. The topological polar surface area (TPSA) is 50.7 Å². The zero-order valence-electron chi connectivity index (χ0n) is 7.17. The van der Waals surface area contributed by atoms with Gasteiger partial charge in [0.15, 0.2) is 0 Å². The van der Waals surface area contributed by atoms with Crippen molar-refractivity contribution in [1.82, 2.24) is 5.32 Å². The van der Waals surface area contributed by atoms with Gasteiger partial charge in [0.25, 0.3) is 0 Å². The van der Waals surface area contributed by atoms with Crippen LogP contribution >= 0.6 is 0 Å². The summed E-state index contributed by atoms with van der Waals surface area (Å²) in [6, 6.07) is 0. The number of rotatable bonds is 7. The van der Waals surface area contributed by atoms with Gasteiger partial charge in [0, 0.05) is 6.61 Å². The standard InChI is InChI=1S/C7H17NO3/c1-3-11-7(8-2)6-10-5-4-9/h7-9H,3-6H2,1-2H3. The molecule has 0 fully saturated rings. The fraction of sp³-hybridized carbons (Fsp3) is 1.00. The third-order valence-corrected chi connectivity index (χ3v) is 1.19. The molecule has 1 atom stereocenters. The number of nitrogens with one attached hydrogen (secondary N) is 1. The average Bonchev–Trinajstić information content (AvgIpc) is 2.03. The minimum Gasteiger partial charge on any atom is -0.394 e. The number of aliphatic hydroxyl groups excluding tert-OH is 1. The molecule has 68 valence electrons. The summed E-state index contributed by atoms with van der Waals surface area (Å²) in [7, 11) is 1.81. The predicted octanol–water partition coefficient (Wildman–Crippen LogP) is -0.423. The molecule has 0 aliphatic heterocycles. The van der Waals surface area contributed by atoms with Gasteiger partial charge < -0.3 is 14.6 Å². The maximum atomic E-state index is 8.40. The summed E-state index contributed by atoms with van der Waals surface area (Å²) in [5.41, 5.74) is 0. The number of likely N-dealkylation sites (N-methyl/N-ethyl adjacent to an activating group) is 1. The van der Waals surface area contributed by atoms with Gasteiger partial charge in [0.05, 0.1) is 19.8 Å². The van der Waals surface area contributed by atoms with Crippen molar-refractivity contribution >= 4 is 0 Å². The first-order chi connectivity index (χ1) is 5.35. The lowest BCUT2D eigenvalue weighted by atomic mass is 10.6. The van der Waals surface area contributed by atoms with Crippen LogP contribution in [0.2, 0.25) is 0 Å². The van der Waals surface area contributed by atoms with E-state index >= 15 is 0 Å². The summed E-state index contributed by atoms with van der Waals surface area (Å²) in [5, 5.41) is 11.3. The molecule has 0 radical (unpaired) electrons. The molecule has 0 aliphatic carbocycles. The van der Waals surface area contributed by atoms with Crippen LogP contribution in [0.1, 0.15) is 6.92 Å². The molecular formula is C7H17NO3. The van der Waals surface area contributed by atoms with E-state index in [-0.39, 0.29) is 12.8 Å². The number of hydrogen-bond donors (Lipinski definition) is 2. The first kappa shape index (κ1) is 10.8. The largest absolute Gasteiger partial charge is 0.394 e. The van der Waals surface area contributed by atoms with Gasteiger partial charge in [-0.3, -0.25) is 5.32 Å². The van der Waals surface area contributed by atoms with Gasteiger partial charge in [0.1, 0.15) is 6.23 Å². The van der Waals surface area contributed by atoms with E-state index in [1.54, 1.807) is 0 Å². The van der Waals surface area contributed by atoms with E-state index in [1.165, 1.54) is 0 Å². The summed E-state index contributed by atoms with van der Waals surface area (Å²) < 4.78 is 10.3. The highest BCUT2D eigenvalue weighted by molar-refractivity contribution is 4.48. The Morgan fingerprint density at radius 3 is 2.73 bits per heavy atom. The van der Waals surface area contributed by atoms with Crippen molar-refractivity contribution in [2.45, 2.75) is 13.2 Å². The summed E-state index contributed by atoms with van der Waals surface area (Å²) in [6.45, 7) is 3.49. The van der Waals surface area contributed by atoms with Crippen LogP contribution in [0.3, 0.4) is 0 Å². The normalized spacial score (nSPS) is 13.4. The van der Waals surface area contributed by atoms with Crippen LogP contribution in [0.4, 0.5) is 0 Å². The molecule has 0 aromatic carbocycles. The SMILES string of the molecule is CCOC(COCCO)NC. The van der Waals surface area contributed by atoms with E-state index in [0.717, 1.165) is 0 Å². The number of aliphatic hydroxyl groups is 1. The molecule has 2 N–H and O–H groups in total. The van der Waals surface area contributed by atoms with E-state index in [1.807, 2.05) is 14.0 Å². The van der Waals surface area contributed by atoms with Crippen molar-refractivity contribution in [3.63, 3.8) is 0 Å². The van der Waals surface area contributed by atoms with E-state index in [0.29, 0.717) is 19.8 Å². The van der Waals surface area contributed by atoms with Crippen LogP contribution < -0.4 is 5.32 Å².